The van der Waals surface area contributed by atoms with Crippen molar-refractivity contribution >= 4 is 16.0 Å². The van der Waals surface area contributed by atoms with E-state index in [1.54, 1.807) is 0 Å². The van der Waals surface area contributed by atoms with Crippen LogP contribution in [0.3, 0.4) is 0 Å². The lowest BCUT2D eigenvalue weighted by atomic mass is 10.1. The quantitative estimate of drug-likeness (QED) is 0.662. The minimum absolute atomic E-state index is 0.0600. The molecule has 0 spiro atoms. The molecule has 1 aliphatic heterocycles. The smallest absolute Gasteiger partial charge is 0.305 e. The fourth-order valence-electron chi connectivity index (χ4n) is 1.70. The van der Waals surface area contributed by atoms with Gasteiger partial charge in [-0.1, -0.05) is 0 Å². The van der Waals surface area contributed by atoms with Crippen LogP contribution >= 0.6 is 0 Å². The number of nitrogens with one attached hydrogen (secondary N) is 1. The van der Waals surface area contributed by atoms with Gasteiger partial charge >= 0.3 is 5.97 Å². The van der Waals surface area contributed by atoms with Crippen molar-refractivity contribution in [2.75, 3.05) is 19.3 Å². The Hall–Kier alpha value is -0.660. The maximum Gasteiger partial charge on any atom is 0.305 e. The molecule has 7 heteroatoms. The first kappa shape index (κ1) is 12.4. The average Bonchev–Trinajstić information content (AvgIpc) is 2.05. The van der Waals surface area contributed by atoms with Crippen LogP contribution in [-0.4, -0.2) is 55.2 Å². The molecule has 0 amide bonds. The van der Waals surface area contributed by atoms with E-state index < -0.39 is 22.0 Å². The number of aliphatic carboxylic acids is 1. The molecule has 2 atom stereocenters. The summed E-state index contributed by atoms with van der Waals surface area (Å²) >= 11 is 0. The number of carboxylic acid groups (broad SMARTS) is 1. The summed E-state index contributed by atoms with van der Waals surface area (Å²) in [7, 11) is -3.32. The highest BCUT2D eigenvalue weighted by Crippen LogP contribution is 2.14. The van der Waals surface area contributed by atoms with Crippen molar-refractivity contribution in [2.45, 2.75) is 25.4 Å². The number of carbonyl (C=O) groups is 1. The van der Waals surface area contributed by atoms with Crippen molar-refractivity contribution in [3.8, 4) is 0 Å². The van der Waals surface area contributed by atoms with Crippen LogP contribution in [0.25, 0.3) is 0 Å². The van der Waals surface area contributed by atoms with Crippen LogP contribution < -0.4 is 5.32 Å². The number of nitrogens with zero attached hydrogens (tertiary/aromatic N) is 1. The van der Waals surface area contributed by atoms with Gasteiger partial charge in [-0.2, -0.15) is 4.31 Å². The van der Waals surface area contributed by atoms with Crippen molar-refractivity contribution in [2.24, 2.45) is 0 Å². The Labute approximate surface area is 89.3 Å². The molecule has 0 aromatic heterocycles. The van der Waals surface area contributed by atoms with Gasteiger partial charge < -0.3 is 10.4 Å². The zero-order chi connectivity index (χ0) is 11.6. The fourth-order valence-corrected chi connectivity index (χ4v) is 2.89. The van der Waals surface area contributed by atoms with Crippen molar-refractivity contribution in [3.05, 3.63) is 0 Å². The van der Waals surface area contributed by atoms with Crippen LogP contribution in [0.4, 0.5) is 0 Å². The van der Waals surface area contributed by atoms with Gasteiger partial charge in [0.15, 0.2) is 0 Å². The SMILES string of the molecule is C[C@@H]1CN(S(C)(=O)=O)[C@H](CC(=O)O)CN1. The number of carboxylic acids is 1. The number of rotatable bonds is 3. The minimum atomic E-state index is -3.32. The lowest BCUT2D eigenvalue weighted by molar-refractivity contribution is -0.138. The molecule has 1 fully saturated rings. The van der Waals surface area contributed by atoms with Gasteiger partial charge in [0.2, 0.25) is 10.0 Å². The molecule has 2 N–H and O–H groups in total. The fraction of sp³-hybridized carbons (Fsp3) is 0.875. The van der Waals surface area contributed by atoms with Gasteiger partial charge in [-0.25, -0.2) is 8.42 Å². The van der Waals surface area contributed by atoms with Crippen LogP contribution in [0.15, 0.2) is 0 Å². The Morgan fingerprint density at radius 1 is 1.60 bits per heavy atom. The maximum absolute atomic E-state index is 11.4. The summed E-state index contributed by atoms with van der Waals surface area (Å²) in [5, 5.41) is 11.7. The Bertz CT molecular complexity index is 341. The minimum Gasteiger partial charge on any atom is -0.481 e. The zero-order valence-electron chi connectivity index (χ0n) is 8.80. The first-order chi connectivity index (χ1) is 6.80. The van der Waals surface area contributed by atoms with Gasteiger partial charge in [0, 0.05) is 25.2 Å². The Kier molecular flexibility index (Phi) is 3.69. The van der Waals surface area contributed by atoms with E-state index in [1.165, 1.54) is 4.31 Å². The highest BCUT2D eigenvalue weighted by Gasteiger charge is 2.33. The summed E-state index contributed by atoms with van der Waals surface area (Å²) in [6, 6.07) is -0.418. The third-order valence-corrected chi connectivity index (χ3v) is 3.70. The lowest BCUT2D eigenvalue weighted by Gasteiger charge is -2.36. The molecule has 15 heavy (non-hydrogen) atoms. The molecule has 0 aliphatic carbocycles. The number of piperazine rings is 1. The number of hydrogen-bond acceptors (Lipinski definition) is 4. The van der Waals surface area contributed by atoms with Gasteiger partial charge in [0.1, 0.15) is 0 Å². The molecule has 88 valence electrons. The predicted octanol–water partition coefficient (Wildman–Crippen LogP) is -0.917. The van der Waals surface area contributed by atoms with E-state index in [2.05, 4.69) is 5.32 Å². The van der Waals surface area contributed by atoms with E-state index in [4.69, 9.17) is 5.11 Å². The molecule has 1 rings (SSSR count). The monoisotopic (exact) mass is 236 g/mol. The van der Waals surface area contributed by atoms with E-state index in [0.717, 1.165) is 6.26 Å². The molecule has 1 saturated heterocycles. The van der Waals surface area contributed by atoms with Gasteiger partial charge in [0.05, 0.1) is 12.7 Å². The summed E-state index contributed by atoms with van der Waals surface area (Å²) in [4.78, 5) is 10.6. The third-order valence-electron chi connectivity index (χ3n) is 2.40. The van der Waals surface area contributed by atoms with Crippen LogP contribution in [0.2, 0.25) is 0 Å². The number of hydrogen-bond donors (Lipinski definition) is 2. The molecule has 0 radical (unpaired) electrons. The van der Waals surface area contributed by atoms with E-state index in [0.29, 0.717) is 13.1 Å². The molecule has 0 aromatic carbocycles. The Morgan fingerprint density at radius 2 is 2.20 bits per heavy atom. The van der Waals surface area contributed by atoms with Crippen molar-refractivity contribution in [1.29, 1.82) is 0 Å². The van der Waals surface area contributed by atoms with Crippen molar-refractivity contribution in [3.63, 3.8) is 0 Å². The van der Waals surface area contributed by atoms with E-state index in [-0.39, 0.29) is 12.5 Å². The van der Waals surface area contributed by atoms with Crippen LogP contribution in [-0.2, 0) is 14.8 Å². The Balaban J connectivity index is 2.80. The second kappa shape index (κ2) is 4.46. The third kappa shape index (κ3) is 3.44. The van der Waals surface area contributed by atoms with Gasteiger partial charge in [-0.15, -0.1) is 0 Å². The lowest BCUT2D eigenvalue weighted by Crippen LogP contribution is -2.57. The molecule has 0 unspecified atom stereocenters. The molecule has 0 saturated carbocycles. The summed E-state index contributed by atoms with van der Waals surface area (Å²) in [5.74, 6) is -0.981. The van der Waals surface area contributed by atoms with Crippen LogP contribution in [0, 0.1) is 0 Å². The van der Waals surface area contributed by atoms with Gasteiger partial charge in [0.25, 0.3) is 0 Å². The molecular weight excluding hydrogens is 220 g/mol. The summed E-state index contributed by atoms with van der Waals surface area (Å²) < 4.78 is 24.1. The highest BCUT2D eigenvalue weighted by atomic mass is 32.2. The Morgan fingerprint density at radius 3 is 2.67 bits per heavy atom. The first-order valence-electron chi connectivity index (χ1n) is 4.72. The first-order valence-corrected chi connectivity index (χ1v) is 6.57. The van der Waals surface area contributed by atoms with E-state index in [1.807, 2.05) is 6.92 Å². The van der Waals surface area contributed by atoms with Crippen LogP contribution in [0.1, 0.15) is 13.3 Å². The van der Waals surface area contributed by atoms with E-state index >= 15 is 0 Å². The van der Waals surface area contributed by atoms with E-state index in [9.17, 15) is 13.2 Å². The summed E-state index contributed by atoms with van der Waals surface area (Å²) in [5.41, 5.74) is 0. The molecule has 0 bridgehead atoms. The maximum atomic E-state index is 11.4. The summed E-state index contributed by atoms with van der Waals surface area (Å²) in [6.45, 7) is 2.59. The largest absolute Gasteiger partial charge is 0.481 e. The van der Waals surface area contributed by atoms with Crippen LogP contribution in [0.5, 0.6) is 0 Å². The molecular formula is C8H16N2O4S. The molecule has 1 heterocycles. The number of sulfonamides is 1. The normalized spacial score (nSPS) is 28.9. The second-order valence-corrected chi connectivity index (χ2v) is 5.83. The molecule has 6 nitrogen and oxygen atoms in total. The second-order valence-electron chi connectivity index (χ2n) is 3.89. The predicted molar refractivity (Wildman–Crippen MR) is 55.1 cm³/mol. The zero-order valence-corrected chi connectivity index (χ0v) is 9.62. The topological polar surface area (TPSA) is 86.7 Å². The van der Waals surface area contributed by atoms with Gasteiger partial charge in [-0.3, -0.25) is 4.79 Å². The standard InChI is InChI=1S/C8H16N2O4S/c1-6-5-10(15(2,13)14)7(4-9-6)3-8(11)12/h6-7,9H,3-5H2,1-2H3,(H,11,12)/t6-,7-/m1/s1. The average molecular weight is 236 g/mol. The van der Waals surface area contributed by atoms with Crippen molar-refractivity contribution in [1.82, 2.24) is 9.62 Å². The molecule has 1 aliphatic rings. The molecule has 0 aromatic rings. The van der Waals surface area contributed by atoms with Gasteiger partial charge in [-0.05, 0) is 6.92 Å². The highest BCUT2D eigenvalue weighted by molar-refractivity contribution is 7.88. The summed E-state index contributed by atoms with van der Waals surface area (Å²) in [6.07, 6.45) is 0.951. The van der Waals surface area contributed by atoms with Crippen molar-refractivity contribution < 1.29 is 18.3 Å².